The second kappa shape index (κ2) is 6.02. The van der Waals surface area contributed by atoms with Crippen LogP contribution in [0, 0.1) is 10.1 Å². The Balaban J connectivity index is 1.94. The first-order valence-corrected chi connectivity index (χ1v) is 7.72. The SMILES string of the molecule is COC(=O)c1cnn2c1ncc1c(=O)n(-c3cccc([N+](=O)[O-])c3)ccc12. The van der Waals surface area contributed by atoms with Gasteiger partial charge in [-0.05, 0) is 12.1 Å². The number of hydrogen-bond donors (Lipinski definition) is 0. The van der Waals surface area contributed by atoms with Crippen molar-refractivity contribution in [2.75, 3.05) is 7.11 Å². The second-order valence-electron chi connectivity index (χ2n) is 5.61. The molecular formula is C17H11N5O5. The molecular weight excluding hydrogens is 354 g/mol. The number of nitro benzene ring substituents is 1. The predicted molar refractivity (Wildman–Crippen MR) is 94.1 cm³/mol. The monoisotopic (exact) mass is 365 g/mol. The van der Waals surface area contributed by atoms with E-state index in [1.54, 1.807) is 12.1 Å². The Hall–Kier alpha value is -4.08. The first-order chi connectivity index (χ1) is 13.0. The lowest BCUT2D eigenvalue weighted by molar-refractivity contribution is -0.384. The van der Waals surface area contributed by atoms with Crippen molar-refractivity contribution in [3.63, 3.8) is 0 Å². The van der Waals surface area contributed by atoms with Crippen LogP contribution in [0.5, 0.6) is 0 Å². The number of benzene rings is 1. The Morgan fingerprint density at radius 2 is 2.07 bits per heavy atom. The van der Waals surface area contributed by atoms with Crippen molar-refractivity contribution in [2.45, 2.75) is 0 Å². The highest BCUT2D eigenvalue weighted by Crippen LogP contribution is 2.18. The average Bonchev–Trinajstić information content (AvgIpc) is 3.12. The van der Waals surface area contributed by atoms with E-state index in [4.69, 9.17) is 4.74 Å². The molecule has 4 rings (SSSR count). The van der Waals surface area contributed by atoms with Gasteiger partial charge in [0, 0.05) is 24.5 Å². The maximum atomic E-state index is 12.9. The Bertz CT molecular complexity index is 1290. The number of fused-ring (bicyclic) bond motifs is 3. The molecule has 0 atom stereocenters. The van der Waals surface area contributed by atoms with E-state index in [9.17, 15) is 19.7 Å². The molecule has 0 saturated heterocycles. The van der Waals surface area contributed by atoms with Crippen molar-refractivity contribution in [3.05, 3.63) is 75.0 Å². The van der Waals surface area contributed by atoms with Crippen LogP contribution in [0.2, 0.25) is 0 Å². The summed E-state index contributed by atoms with van der Waals surface area (Å²) in [6.07, 6.45) is 4.15. The predicted octanol–water partition coefficient (Wildman–Crippen LogP) is 1.73. The van der Waals surface area contributed by atoms with Crippen LogP contribution in [0.3, 0.4) is 0 Å². The number of carbonyl (C=O) groups excluding carboxylic acids is 1. The number of nitrogens with zero attached hydrogens (tertiary/aromatic N) is 5. The summed E-state index contributed by atoms with van der Waals surface area (Å²) in [5, 5.41) is 15.3. The van der Waals surface area contributed by atoms with Crippen LogP contribution in [-0.4, -0.2) is 37.2 Å². The van der Waals surface area contributed by atoms with Gasteiger partial charge in [-0.3, -0.25) is 19.5 Å². The molecule has 0 aliphatic carbocycles. The number of aromatic nitrogens is 4. The van der Waals surface area contributed by atoms with E-state index in [1.165, 1.54) is 53.0 Å². The maximum absolute atomic E-state index is 12.9. The molecule has 3 heterocycles. The van der Waals surface area contributed by atoms with Gasteiger partial charge in [0.05, 0.1) is 34.8 Å². The molecule has 27 heavy (non-hydrogen) atoms. The van der Waals surface area contributed by atoms with E-state index in [0.717, 1.165) is 0 Å². The number of rotatable bonds is 3. The summed E-state index contributed by atoms with van der Waals surface area (Å²) in [4.78, 5) is 39.3. The molecule has 0 aliphatic rings. The molecule has 3 aromatic heterocycles. The smallest absolute Gasteiger partial charge is 0.343 e. The molecule has 0 N–H and O–H groups in total. The third-order valence-electron chi connectivity index (χ3n) is 4.12. The molecule has 10 nitrogen and oxygen atoms in total. The Labute approximate surface area is 150 Å². The highest BCUT2D eigenvalue weighted by molar-refractivity contribution is 5.96. The lowest BCUT2D eigenvalue weighted by Gasteiger charge is -2.08. The number of carbonyl (C=O) groups is 1. The summed E-state index contributed by atoms with van der Waals surface area (Å²) in [6, 6.07) is 7.37. The van der Waals surface area contributed by atoms with Crippen LogP contribution in [0.25, 0.3) is 22.2 Å². The van der Waals surface area contributed by atoms with Crippen molar-refractivity contribution in [3.8, 4) is 5.69 Å². The van der Waals surface area contributed by atoms with Gasteiger partial charge in [0.25, 0.3) is 11.2 Å². The van der Waals surface area contributed by atoms with Crippen molar-refractivity contribution < 1.29 is 14.5 Å². The van der Waals surface area contributed by atoms with Gasteiger partial charge in [-0.2, -0.15) is 5.10 Å². The first kappa shape index (κ1) is 16.4. The molecule has 134 valence electrons. The van der Waals surface area contributed by atoms with Crippen LogP contribution >= 0.6 is 0 Å². The van der Waals surface area contributed by atoms with Gasteiger partial charge in [0.2, 0.25) is 0 Å². The number of nitro groups is 1. The summed E-state index contributed by atoms with van der Waals surface area (Å²) in [6.45, 7) is 0. The molecule has 10 heteroatoms. The van der Waals surface area contributed by atoms with Crippen LogP contribution in [0.1, 0.15) is 10.4 Å². The fourth-order valence-corrected chi connectivity index (χ4v) is 2.83. The van der Waals surface area contributed by atoms with Crippen molar-refractivity contribution in [1.29, 1.82) is 0 Å². The zero-order chi connectivity index (χ0) is 19.1. The van der Waals surface area contributed by atoms with Crippen LogP contribution in [0.4, 0.5) is 5.69 Å². The summed E-state index contributed by atoms with van der Waals surface area (Å²) in [5.74, 6) is -0.582. The van der Waals surface area contributed by atoms with Crippen LogP contribution in [0.15, 0.2) is 53.7 Å². The second-order valence-corrected chi connectivity index (χ2v) is 5.61. The number of ether oxygens (including phenoxy) is 1. The highest BCUT2D eigenvalue weighted by atomic mass is 16.6. The summed E-state index contributed by atoms with van der Waals surface area (Å²) >= 11 is 0. The molecule has 0 radical (unpaired) electrons. The van der Waals surface area contributed by atoms with Gasteiger partial charge in [-0.25, -0.2) is 14.3 Å². The van der Waals surface area contributed by atoms with Gasteiger partial charge < -0.3 is 4.74 Å². The third-order valence-corrected chi connectivity index (χ3v) is 4.12. The number of methoxy groups -OCH3 is 1. The Morgan fingerprint density at radius 3 is 2.81 bits per heavy atom. The van der Waals surface area contributed by atoms with E-state index in [0.29, 0.717) is 11.2 Å². The van der Waals surface area contributed by atoms with Crippen LogP contribution in [-0.2, 0) is 4.74 Å². The van der Waals surface area contributed by atoms with Crippen molar-refractivity contribution >= 4 is 28.2 Å². The zero-order valence-corrected chi connectivity index (χ0v) is 13.9. The molecule has 0 fully saturated rings. The van der Waals surface area contributed by atoms with Gasteiger partial charge in [0.15, 0.2) is 5.65 Å². The third kappa shape index (κ3) is 2.51. The maximum Gasteiger partial charge on any atom is 0.343 e. The van der Waals surface area contributed by atoms with E-state index in [1.807, 2.05) is 0 Å². The van der Waals surface area contributed by atoms with E-state index >= 15 is 0 Å². The quantitative estimate of drug-likeness (QED) is 0.308. The molecule has 1 aromatic carbocycles. The lowest BCUT2D eigenvalue weighted by Crippen LogP contribution is -2.19. The number of non-ortho nitro benzene ring substituents is 1. The Morgan fingerprint density at radius 1 is 1.26 bits per heavy atom. The molecule has 4 aromatic rings. The summed E-state index contributed by atoms with van der Waals surface area (Å²) in [7, 11) is 1.25. The van der Waals surface area contributed by atoms with Crippen molar-refractivity contribution in [2.24, 2.45) is 0 Å². The Kier molecular flexibility index (Phi) is 3.65. The van der Waals surface area contributed by atoms with Crippen LogP contribution < -0.4 is 5.56 Å². The standard InChI is InChI=1S/C17H11N5O5/c1-27-17(24)13-9-19-21-14-5-6-20(16(23)12(14)8-18-15(13)21)10-3-2-4-11(7-10)22(25)26/h2-9H,1H3. The van der Waals surface area contributed by atoms with E-state index in [-0.39, 0.29) is 22.3 Å². The van der Waals surface area contributed by atoms with Gasteiger partial charge in [-0.15, -0.1) is 0 Å². The number of esters is 1. The zero-order valence-electron chi connectivity index (χ0n) is 13.9. The van der Waals surface area contributed by atoms with Gasteiger partial charge in [-0.1, -0.05) is 6.07 Å². The molecule has 0 bridgehead atoms. The minimum absolute atomic E-state index is 0.122. The molecule has 0 aliphatic heterocycles. The van der Waals surface area contributed by atoms with E-state index in [2.05, 4.69) is 10.1 Å². The molecule has 0 spiro atoms. The molecule has 0 amide bonds. The first-order valence-electron chi connectivity index (χ1n) is 7.72. The normalized spacial score (nSPS) is 11.0. The average molecular weight is 365 g/mol. The highest BCUT2D eigenvalue weighted by Gasteiger charge is 2.17. The summed E-state index contributed by atoms with van der Waals surface area (Å²) in [5.41, 5.74) is 0.707. The number of hydrogen-bond acceptors (Lipinski definition) is 7. The molecule has 0 unspecified atom stereocenters. The number of pyridine rings is 1. The van der Waals surface area contributed by atoms with Crippen molar-refractivity contribution in [1.82, 2.24) is 19.2 Å². The topological polar surface area (TPSA) is 122 Å². The summed E-state index contributed by atoms with van der Waals surface area (Å²) < 4.78 is 7.35. The largest absolute Gasteiger partial charge is 0.465 e. The minimum atomic E-state index is -0.582. The minimum Gasteiger partial charge on any atom is -0.465 e. The fraction of sp³-hybridized carbons (Fsp3) is 0.0588. The molecule has 0 saturated carbocycles. The lowest BCUT2D eigenvalue weighted by atomic mass is 10.2. The van der Waals surface area contributed by atoms with Gasteiger partial charge in [0.1, 0.15) is 5.56 Å². The van der Waals surface area contributed by atoms with Gasteiger partial charge >= 0.3 is 5.97 Å². The van der Waals surface area contributed by atoms with E-state index < -0.39 is 16.5 Å². The fourth-order valence-electron chi connectivity index (χ4n) is 2.83.